The second-order valence-electron chi connectivity index (χ2n) is 3.88. The van der Waals surface area contributed by atoms with Gasteiger partial charge in [0.1, 0.15) is 11.9 Å². The minimum Gasteiger partial charge on any atom is -0.296 e. The first-order valence-electron chi connectivity index (χ1n) is 4.96. The van der Waals surface area contributed by atoms with Crippen LogP contribution in [0.25, 0.3) is 0 Å². The maximum Gasteiger partial charge on any atom is 0.123 e. The van der Waals surface area contributed by atoms with Crippen molar-refractivity contribution in [2.24, 2.45) is 0 Å². The second-order valence-corrected chi connectivity index (χ2v) is 3.88. The Hall–Kier alpha value is -1.40. The summed E-state index contributed by atoms with van der Waals surface area (Å²) in [5.41, 5.74) is 1.64. The molecule has 1 rings (SSSR count). The summed E-state index contributed by atoms with van der Waals surface area (Å²) in [5, 5.41) is 12.1. The highest BCUT2D eigenvalue weighted by Crippen LogP contribution is 2.18. The predicted molar refractivity (Wildman–Crippen MR) is 57.8 cm³/mol. The van der Waals surface area contributed by atoms with Crippen LogP contribution in [-0.4, -0.2) is 6.04 Å². The number of rotatable bonds is 3. The number of hydrogen-bond acceptors (Lipinski definition) is 2. The molecule has 0 amide bonds. The summed E-state index contributed by atoms with van der Waals surface area (Å²) in [4.78, 5) is 0. The summed E-state index contributed by atoms with van der Waals surface area (Å²) in [5.74, 6) is -0.304. The number of hydrogen-bond donors (Lipinski definition) is 1. The average Bonchev–Trinajstić information content (AvgIpc) is 2.18. The standard InChI is InChI=1S/C12H15FN2/c1-8(2)15-12(7-14)11-6-10(13)5-4-9(11)3/h4-6,8,12,15H,1-3H3. The molecule has 1 atom stereocenters. The highest BCUT2D eigenvalue weighted by molar-refractivity contribution is 5.32. The molecule has 3 heteroatoms. The molecular formula is C12H15FN2. The minimum atomic E-state index is -0.444. The largest absolute Gasteiger partial charge is 0.296 e. The molecule has 0 fully saturated rings. The van der Waals surface area contributed by atoms with Crippen LogP contribution in [0.1, 0.15) is 31.0 Å². The van der Waals surface area contributed by atoms with Crippen LogP contribution >= 0.6 is 0 Å². The van der Waals surface area contributed by atoms with E-state index in [0.717, 1.165) is 5.56 Å². The Morgan fingerprint density at radius 2 is 2.07 bits per heavy atom. The Morgan fingerprint density at radius 3 is 2.60 bits per heavy atom. The summed E-state index contributed by atoms with van der Waals surface area (Å²) in [6.45, 7) is 5.79. The summed E-state index contributed by atoms with van der Waals surface area (Å²) < 4.78 is 13.0. The third kappa shape index (κ3) is 3.03. The van der Waals surface area contributed by atoms with Crippen LogP contribution in [0, 0.1) is 24.1 Å². The molecule has 0 spiro atoms. The molecule has 15 heavy (non-hydrogen) atoms. The normalized spacial score (nSPS) is 12.5. The summed E-state index contributed by atoms with van der Waals surface area (Å²) >= 11 is 0. The van der Waals surface area contributed by atoms with E-state index in [1.807, 2.05) is 20.8 Å². The van der Waals surface area contributed by atoms with Gasteiger partial charge in [-0.05, 0) is 44.0 Å². The lowest BCUT2D eigenvalue weighted by molar-refractivity contribution is 0.540. The van der Waals surface area contributed by atoms with E-state index in [4.69, 9.17) is 5.26 Å². The fourth-order valence-electron chi connectivity index (χ4n) is 1.45. The van der Waals surface area contributed by atoms with Gasteiger partial charge >= 0.3 is 0 Å². The third-order valence-electron chi connectivity index (χ3n) is 2.18. The van der Waals surface area contributed by atoms with Crippen LogP contribution < -0.4 is 5.32 Å². The number of nitriles is 1. The smallest absolute Gasteiger partial charge is 0.123 e. The van der Waals surface area contributed by atoms with E-state index in [1.54, 1.807) is 6.07 Å². The van der Waals surface area contributed by atoms with Crippen molar-refractivity contribution in [2.75, 3.05) is 0 Å². The van der Waals surface area contributed by atoms with Gasteiger partial charge in [0.05, 0.1) is 6.07 Å². The van der Waals surface area contributed by atoms with Crippen molar-refractivity contribution in [1.82, 2.24) is 5.32 Å². The lowest BCUT2D eigenvalue weighted by Crippen LogP contribution is -2.27. The Labute approximate surface area is 89.7 Å². The molecule has 0 aromatic heterocycles. The topological polar surface area (TPSA) is 35.8 Å². The van der Waals surface area contributed by atoms with Gasteiger partial charge in [-0.15, -0.1) is 0 Å². The highest BCUT2D eigenvalue weighted by atomic mass is 19.1. The molecule has 0 aliphatic rings. The molecule has 0 heterocycles. The molecule has 0 radical (unpaired) electrons. The molecule has 1 aromatic rings. The molecule has 1 unspecified atom stereocenters. The van der Waals surface area contributed by atoms with E-state index in [9.17, 15) is 4.39 Å². The van der Waals surface area contributed by atoms with Crippen molar-refractivity contribution in [1.29, 1.82) is 5.26 Å². The van der Waals surface area contributed by atoms with Crippen molar-refractivity contribution in [2.45, 2.75) is 32.9 Å². The summed E-state index contributed by atoms with van der Waals surface area (Å²) in [6, 6.07) is 6.40. The van der Waals surface area contributed by atoms with Gasteiger partial charge in [-0.2, -0.15) is 5.26 Å². The number of benzene rings is 1. The van der Waals surface area contributed by atoms with Crippen LogP contribution in [0.15, 0.2) is 18.2 Å². The molecule has 2 nitrogen and oxygen atoms in total. The van der Waals surface area contributed by atoms with Crippen LogP contribution in [-0.2, 0) is 0 Å². The fraction of sp³-hybridized carbons (Fsp3) is 0.417. The van der Waals surface area contributed by atoms with E-state index in [0.29, 0.717) is 5.56 Å². The van der Waals surface area contributed by atoms with Crippen molar-refractivity contribution < 1.29 is 4.39 Å². The Kier molecular flexibility index (Phi) is 3.81. The Morgan fingerprint density at radius 1 is 1.40 bits per heavy atom. The van der Waals surface area contributed by atoms with Gasteiger partial charge in [-0.1, -0.05) is 6.07 Å². The van der Waals surface area contributed by atoms with Gasteiger partial charge in [0.15, 0.2) is 0 Å². The van der Waals surface area contributed by atoms with E-state index in [2.05, 4.69) is 11.4 Å². The monoisotopic (exact) mass is 206 g/mol. The van der Waals surface area contributed by atoms with Crippen LogP contribution in [0.2, 0.25) is 0 Å². The van der Waals surface area contributed by atoms with E-state index < -0.39 is 6.04 Å². The van der Waals surface area contributed by atoms with E-state index in [1.165, 1.54) is 12.1 Å². The molecule has 1 aromatic carbocycles. The highest BCUT2D eigenvalue weighted by Gasteiger charge is 2.14. The van der Waals surface area contributed by atoms with E-state index >= 15 is 0 Å². The molecular weight excluding hydrogens is 191 g/mol. The molecule has 0 aliphatic heterocycles. The first-order valence-corrected chi connectivity index (χ1v) is 4.96. The first kappa shape index (κ1) is 11.7. The zero-order valence-corrected chi connectivity index (χ0v) is 9.21. The maximum atomic E-state index is 13.0. The first-order chi connectivity index (χ1) is 7.04. The molecule has 0 bridgehead atoms. The van der Waals surface area contributed by atoms with Gasteiger partial charge < -0.3 is 0 Å². The van der Waals surface area contributed by atoms with Crippen LogP contribution in [0.5, 0.6) is 0 Å². The van der Waals surface area contributed by atoms with E-state index in [-0.39, 0.29) is 11.9 Å². The second kappa shape index (κ2) is 4.90. The van der Waals surface area contributed by atoms with Crippen molar-refractivity contribution in [3.63, 3.8) is 0 Å². The van der Waals surface area contributed by atoms with Gasteiger partial charge in [-0.3, -0.25) is 5.32 Å². The van der Waals surface area contributed by atoms with Crippen LogP contribution in [0.4, 0.5) is 4.39 Å². The molecule has 0 aliphatic carbocycles. The van der Waals surface area contributed by atoms with Crippen molar-refractivity contribution in [3.05, 3.63) is 35.1 Å². The zero-order valence-electron chi connectivity index (χ0n) is 9.21. The zero-order chi connectivity index (χ0) is 11.4. The number of nitrogens with zero attached hydrogens (tertiary/aromatic N) is 1. The van der Waals surface area contributed by atoms with Crippen molar-refractivity contribution >= 4 is 0 Å². The molecule has 0 saturated heterocycles. The molecule has 80 valence electrons. The number of nitrogens with one attached hydrogen (secondary N) is 1. The van der Waals surface area contributed by atoms with Crippen LogP contribution in [0.3, 0.4) is 0 Å². The Balaban J connectivity index is 3.02. The SMILES string of the molecule is Cc1ccc(F)cc1C(C#N)NC(C)C. The summed E-state index contributed by atoms with van der Waals surface area (Å²) in [6.07, 6.45) is 0. The Bertz CT molecular complexity index is 380. The van der Waals surface area contributed by atoms with Gasteiger partial charge in [0, 0.05) is 6.04 Å². The quantitative estimate of drug-likeness (QED) is 0.825. The molecule has 0 saturated carbocycles. The number of aryl methyl sites for hydroxylation is 1. The fourth-order valence-corrected chi connectivity index (χ4v) is 1.45. The van der Waals surface area contributed by atoms with Gasteiger partial charge in [-0.25, -0.2) is 4.39 Å². The number of halogens is 1. The predicted octanol–water partition coefficient (Wildman–Crippen LogP) is 2.70. The van der Waals surface area contributed by atoms with Crippen molar-refractivity contribution in [3.8, 4) is 6.07 Å². The average molecular weight is 206 g/mol. The lowest BCUT2D eigenvalue weighted by Gasteiger charge is -2.16. The lowest BCUT2D eigenvalue weighted by atomic mass is 10.0. The maximum absolute atomic E-state index is 13.0. The van der Waals surface area contributed by atoms with Gasteiger partial charge in [0.2, 0.25) is 0 Å². The molecule has 1 N–H and O–H groups in total. The van der Waals surface area contributed by atoms with Gasteiger partial charge in [0.25, 0.3) is 0 Å². The summed E-state index contributed by atoms with van der Waals surface area (Å²) in [7, 11) is 0. The third-order valence-corrected chi connectivity index (χ3v) is 2.18. The minimum absolute atomic E-state index is 0.192.